The van der Waals surface area contributed by atoms with Crippen molar-refractivity contribution in [3.05, 3.63) is 29.3 Å². The number of nitrogens with zero attached hydrogens (tertiary/aromatic N) is 1. The Balaban J connectivity index is 2.68. The van der Waals surface area contributed by atoms with Crippen LogP contribution in [0.25, 0.3) is 0 Å². The molecule has 5 nitrogen and oxygen atoms in total. The molecule has 1 aromatic carbocycles. The molecule has 1 rings (SSSR count). The van der Waals surface area contributed by atoms with Gasteiger partial charge in [-0.2, -0.15) is 4.31 Å². The summed E-state index contributed by atoms with van der Waals surface area (Å²) in [5, 5.41) is 2.83. The summed E-state index contributed by atoms with van der Waals surface area (Å²) in [6, 6.07) is 5.72. The molecule has 6 heteroatoms. The average Bonchev–Trinajstić information content (AvgIpc) is 2.35. The zero-order valence-corrected chi connectivity index (χ0v) is 14.8. The van der Waals surface area contributed by atoms with Crippen molar-refractivity contribution < 1.29 is 13.2 Å². The zero-order chi connectivity index (χ0) is 16.9. The maximum absolute atomic E-state index is 12.0. The Morgan fingerprint density at radius 2 is 1.77 bits per heavy atom. The molecular formula is C16H26N2O3S. The van der Waals surface area contributed by atoms with Crippen LogP contribution in [-0.4, -0.2) is 37.5 Å². The van der Waals surface area contributed by atoms with Crippen molar-refractivity contribution in [3.63, 3.8) is 0 Å². The van der Waals surface area contributed by atoms with E-state index in [2.05, 4.69) is 5.32 Å². The highest BCUT2D eigenvalue weighted by Crippen LogP contribution is 2.15. The molecule has 1 aromatic rings. The summed E-state index contributed by atoms with van der Waals surface area (Å²) < 4.78 is 25.0. The van der Waals surface area contributed by atoms with Gasteiger partial charge in [0.05, 0.1) is 6.26 Å². The molecule has 0 heterocycles. The molecule has 0 bridgehead atoms. The van der Waals surface area contributed by atoms with Gasteiger partial charge in [0.1, 0.15) is 0 Å². The summed E-state index contributed by atoms with van der Waals surface area (Å²) in [5.74, 6) is -0.179. The number of aryl methyl sites for hydroxylation is 2. The van der Waals surface area contributed by atoms with Gasteiger partial charge in [-0.05, 0) is 50.5 Å². The lowest BCUT2D eigenvalue weighted by molar-refractivity contribution is -0.116. The average molecular weight is 326 g/mol. The summed E-state index contributed by atoms with van der Waals surface area (Å²) in [4.78, 5) is 12.0. The maximum Gasteiger partial charge on any atom is 0.225 e. The lowest BCUT2D eigenvalue weighted by Crippen LogP contribution is -2.39. The lowest BCUT2D eigenvalue weighted by Gasteiger charge is -2.25. The molecule has 0 aromatic heterocycles. The number of carbonyl (C=O) groups excluding carboxylic acids is 1. The van der Waals surface area contributed by atoms with Gasteiger partial charge < -0.3 is 5.32 Å². The number of amides is 1. The number of sulfonamides is 1. The first kappa shape index (κ1) is 18.6. The summed E-state index contributed by atoms with van der Waals surface area (Å²) >= 11 is 0. The second-order valence-corrected chi connectivity index (χ2v) is 7.74. The summed E-state index contributed by atoms with van der Waals surface area (Å²) in [5.41, 5.74) is 2.90. The molecule has 0 fully saturated rings. The largest absolute Gasteiger partial charge is 0.326 e. The number of nitrogens with one attached hydrogen (secondary N) is 1. The Labute approximate surface area is 133 Å². The molecule has 0 aliphatic carbocycles. The second kappa shape index (κ2) is 7.74. The van der Waals surface area contributed by atoms with Crippen molar-refractivity contribution in [1.82, 2.24) is 4.31 Å². The van der Waals surface area contributed by atoms with E-state index in [9.17, 15) is 13.2 Å². The van der Waals surface area contributed by atoms with E-state index in [0.29, 0.717) is 6.42 Å². The van der Waals surface area contributed by atoms with Gasteiger partial charge in [0.2, 0.25) is 15.9 Å². The van der Waals surface area contributed by atoms with Crippen LogP contribution < -0.4 is 5.32 Å². The SMILES string of the molecule is CCC(C)N(CCC(=O)Nc1cc(C)cc(C)c1)S(C)(=O)=O. The van der Waals surface area contributed by atoms with Crippen LogP contribution in [-0.2, 0) is 14.8 Å². The first-order chi connectivity index (χ1) is 10.1. The molecular weight excluding hydrogens is 300 g/mol. The smallest absolute Gasteiger partial charge is 0.225 e. The third-order valence-corrected chi connectivity index (χ3v) is 4.97. The van der Waals surface area contributed by atoms with E-state index in [-0.39, 0.29) is 24.9 Å². The molecule has 0 aliphatic heterocycles. The molecule has 1 N–H and O–H groups in total. The summed E-state index contributed by atoms with van der Waals surface area (Å²) in [6.07, 6.45) is 2.04. The number of carbonyl (C=O) groups is 1. The van der Waals surface area contributed by atoms with Gasteiger partial charge in [0.15, 0.2) is 0 Å². The summed E-state index contributed by atoms with van der Waals surface area (Å²) in [7, 11) is -3.30. The summed E-state index contributed by atoms with van der Waals surface area (Å²) in [6.45, 7) is 7.92. The van der Waals surface area contributed by atoms with Crippen LogP contribution >= 0.6 is 0 Å². The van der Waals surface area contributed by atoms with Crippen LogP contribution in [0.3, 0.4) is 0 Å². The lowest BCUT2D eigenvalue weighted by atomic mass is 10.1. The molecule has 124 valence electrons. The monoisotopic (exact) mass is 326 g/mol. The second-order valence-electron chi connectivity index (χ2n) is 5.81. The van der Waals surface area contributed by atoms with Crippen LogP contribution in [0, 0.1) is 13.8 Å². The van der Waals surface area contributed by atoms with Crippen molar-refractivity contribution in [2.45, 2.75) is 46.6 Å². The molecule has 1 amide bonds. The fraction of sp³-hybridized carbons (Fsp3) is 0.562. The number of benzene rings is 1. The molecule has 1 unspecified atom stereocenters. The molecule has 1 atom stereocenters. The minimum Gasteiger partial charge on any atom is -0.326 e. The molecule has 22 heavy (non-hydrogen) atoms. The number of hydrogen-bond acceptors (Lipinski definition) is 3. The number of anilines is 1. The topological polar surface area (TPSA) is 66.5 Å². The highest BCUT2D eigenvalue weighted by atomic mass is 32.2. The number of rotatable bonds is 7. The van der Waals surface area contributed by atoms with E-state index in [1.54, 1.807) is 0 Å². The third kappa shape index (κ3) is 5.77. The van der Waals surface area contributed by atoms with E-state index >= 15 is 0 Å². The van der Waals surface area contributed by atoms with Crippen molar-refractivity contribution in [2.75, 3.05) is 18.1 Å². The van der Waals surface area contributed by atoms with Gasteiger partial charge in [0.25, 0.3) is 0 Å². The molecule has 0 spiro atoms. The minimum absolute atomic E-state index is 0.107. The zero-order valence-electron chi connectivity index (χ0n) is 14.0. The highest BCUT2D eigenvalue weighted by Gasteiger charge is 2.22. The van der Waals surface area contributed by atoms with E-state index in [4.69, 9.17) is 0 Å². The van der Waals surface area contributed by atoms with Crippen LogP contribution in [0.1, 0.15) is 37.8 Å². The fourth-order valence-electron chi connectivity index (χ4n) is 2.40. The van der Waals surface area contributed by atoms with Crippen molar-refractivity contribution in [3.8, 4) is 0 Å². The Kier molecular flexibility index (Phi) is 6.56. The Hall–Kier alpha value is -1.40. The van der Waals surface area contributed by atoms with Crippen LogP contribution in [0.4, 0.5) is 5.69 Å². The van der Waals surface area contributed by atoms with Crippen molar-refractivity contribution in [1.29, 1.82) is 0 Å². The minimum atomic E-state index is -3.30. The Morgan fingerprint density at radius 1 is 1.23 bits per heavy atom. The Morgan fingerprint density at radius 3 is 2.23 bits per heavy atom. The van der Waals surface area contributed by atoms with Crippen molar-refractivity contribution in [2.24, 2.45) is 0 Å². The quantitative estimate of drug-likeness (QED) is 0.838. The van der Waals surface area contributed by atoms with E-state index < -0.39 is 10.0 Å². The van der Waals surface area contributed by atoms with Crippen LogP contribution in [0.15, 0.2) is 18.2 Å². The molecule has 0 aliphatic rings. The predicted molar refractivity (Wildman–Crippen MR) is 90.5 cm³/mol. The van der Waals surface area contributed by atoms with Crippen LogP contribution in [0.2, 0.25) is 0 Å². The first-order valence-corrected chi connectivity index (χ1v) is 9.33. The van der Waals surface area contributed by atoms with Crippen LogP contribution in [0.5, 0.6) is 0 Å². The Bertz CT molecular complexity index is 606. The highest BCUT2D eigenvalue weighted by molar-refractivity contribution is 7.88. The predicted octanol–water partition coefficient (Wildman–Crippen LogP) is 2.69. The molecule has 0 radical (unpaired) electrons. The van der Waals surface area contributed by atoms with Gasteiger partial charge in [-0.1, -0.05) is 13.0 Å². The van der Waals surface area contributed by atoms with E-state index in [1.807, 2.05) is 45.9 Å². The van der Waals surface area contributed by atoms with Crippen molar-refractivity contribution >= 4 is 21.6 Å². The van der Waals surface area contributed by atoms with E-state index in [1.165, 1.54) is 10.6 Å². The normalized spacial score (nSPS) is 13.2. The van der Waals surface area contributed by atoms with Gasteiger partial charge in [-0.3, -0.25) is 4.79 Å². The fourth-order valence-corrected chi connectivity index (χ4v) is 3.62. The maximum atomic E-state index is 12.0. The van der Waals surface area contributed by atoms with Gasteiger partial charge in [-0.25, -0.2) is 8.42 Å². The standard InChI is InChI=1S/C16H26N2O3S/c1-6-14(4)18(22(5,20)21)8-7-16(19)17-15-10-12(2)9-13(3)11-15/h9-11,14H,6-8H2,1-5H3,(H,17,19). The van der Waals surface area contributed by atoms with Gasteiger partial charge in [0, 0.05) is 24.7 Å². The van der Waals surface area contributed by atoms with E-state index in [0.717, 1.165) is 16.8 Å². The van der Waals surface area contributed by atoms with Gasteiger partial charge in [-0.15, -0.1) is 0 Å². The first-order valence-electron chi connectivity index (χ1n) is 7.48. The molecule has 0 saturated carbocycles. The van der Waals surface area contributed by atoms with Gasteiger partial charge >= 0.3 is 0 Å². The third-order valence-electron chi connectivity index (χ3n) is 3.57. The molecule has 0 saturated heterocycles. The number of hydrogen-bond donors (Lipinski definition) is 1.